The van der Waals surface area contributed by atoms with E-state index in [1.807, 2.05) is 24.1 Å². The molecule has 2 aliphatic heterocycles. The Kier molecular flexibility index (Phi) is 8.00. The SMILES string of the molecule is C=C1C=NC(c2ccc(C(=O)N3CCN(C)CC3)cc2F)=CN1C(=CC(C)CC)c1ccc(C#N)cc1. The van der Waals surface area contributed by atoms with Gasteiger partial charge in [0, 0.05) is 49.2 Å². The maximum atomic E-state index is 15.3. The number of carbonyl (C=O) groups excluding carboxylic acids is 1. The molecule has 2 heterocycles. The lowest BCUT2D eigenvalue weighted by atomic mass is 10.0. The first-order chi connectivity index (χ1) is 17.8. The summed E-state index contributed by atoms with van der Waals surface area (Å²) in [6, 6.07) is 14.1. The maximum Gasteiger partial charge on any atom is 0.254 e. The molecule has 0 N–H and O–H groups in total. The van der Waals surface area contributed by atoms with Gasteiger partial charge < -0.3 is 14.7 Å². The van der Waals surface area contributed by atoms with Crippen molar-refractivity contribution < 1.29 is 9.18 Å². The van der Waals surface area contributed by atoms with Gasteiger partial charge in [-0.05, 0) is 48.9 Å². The van der Waals surface area contributed by atoms with Crippen LogP contribution >= 0.6 is 0 Å². The van der Waals surface area contributed by atoms with Crippen LogP contribution in [0, 0.1) is 23.1 Å². The Morgan fingerprint density at radius 2 is 1.84 bits per heavy atom. The van der Waals surface area contributed by atoms with E-state index in [2.05, 4.69) is 42.5 Å². The molecule has 2 aliphatic rings. The molecular formula is C30H32FN5O. The number of benzene rings is 2. The van der Waals surface area contributed by atoms with E-state index in [9.17, 15) is 10.1 Å². The fraction of sp³-hybridized carbons (Fsp3) is 0.300. The Bertz CT molecular complexity index is 1310. The molecule has 37 heavy (non-hydrogen) atoms. The molecule has 190 valence electrons. The molecule has 0 radical (unpaired) electrons. The topological polar surface area (TPSA) is 62.9 Å². The van der Waals surface area contributed by atoms with Gasteiger partial charge in [0.15, 0.2) is 0 Å². The number of aliphatic imine (C=N–C) groups is 1. The number of nitriles is 1. The summed E-state index contributed by atoms with van der Waals surface area (Å²) in [6.45, 7) is 11.3. The van der Waals surface area contributed by atoms with E-state index in [0.29, 0.717) is 41.2 Å². The molecule has 0 bridgehead atoms. The van der Waals surface area contributed by atoms with Crippen molar-refractivity contribution in [2.24, 2.45) is 10.9 Å². The highest BCUT2D eigenvalue weighted by atomic mass is 19.1. The van der Waals surface area contributed by atoms with Gasteiger partial charge in [0.25, 0.3) is 5.91 Å². The number of allylic oxidation sites excluding steroid dienone is 2. The third kappa shape index (κ3) is 5.87. The van der Waals surface area contributed by atoms with E-state index in [1.54, 1.807) is 41.6 Å². The van der Waals surface area contributed by atoms with Crippen LogP contribution in [0.2, 0.25) is 0 Å². The predicted octanol–water partition coefficient (Wildman–Crippen LogP) is 5.37. The zero-order chi connectivity index (χ0) is 26.5. The number of piperazine rings is 1. The van der Waals surface area contributed by atoms with Crippen LogP contribution in [0.3, 0.4) is 0 Å². The number of hydrogen-bond donors (Lipinski definition) is 0. The zero-order valence-electron chi connectivity index (χ0n) is 21.6. The number of amides is 1. The van der Waals surface area contributed by atoms with Crippen LogP contribution in [0.5, 0.6) is 0 Å². The molecule has 1 unspecified atom stereocenters. The number of nitrogens with zero attached hydrogens (tertiary/aromatic N) is 5. The first-order valence-electron chi connectivity index (χ1n) is 12.5. The van der Waals surface area contributed by atoms with E-state index in [4.69, 9.17) is 0 Å². The second-order valence-electron chi connectivity index (χ2n) is 9.55. The standard InChI is InChI=1S/C30H32FN5O/c1-5-21(2)16-29(24-8-6-23(18-32)7-9-24)36-20-28(33-19-22(36)3)26-11-10-25(17-27(26)31)30(37)35-14-12-34(4)13-15-35/h6-11,16-17,19-21H,3,5,12-15H2,1-2,4H3. The summed E-state index contributed by atoms with van der Waals surface area (Å²) in [6.07, 6.45) is 6.48. The third-order valence-corrected chi connectivity index (χ3v) is 6.85. The van der Waals surface area contributed by atoms with Crippen LogP contribution in [-0.2, 0) is 0 Å². The molecule has 2 aromatic carbocycles. The molecule has 2 aromatic rings. The van der Waals surface area contributed by atoms with Crippen molar-refractivity contribution in [3.8, 4) is 6.07 Å². The zero-order valence-corrected chi connectivity index (χ0v) is 21.6. The van der Waals surface area contributed by atoms with Crippen LogP contribution in [0.15, 0.2) is 72.0 Å². The Morgan fingerprint density at radius 3 is 2.46 bits per heavy atom. The summed E-state index contributed by atoms with van der Waals surface area (Å²) in [4.78, 5) is 23.2. The molecule has 0 aromatic heterocycles. The van der Waals surface area contributed by atoms with Crippen molar-refractivity contribution in [2.45, 2.75) is 20.3 Å². The quantitative estimate of drug-likeness (QED) is 0.538. The second-order valence-corrected chi connectivity index (χ2v) is 9.55. The lowest BCUT2D eigenvalue weighted by Gasteiger charge is -2.32. The minimum Gasteiger partial charge on any atom is -0.336 e. The number of carbonyl (C=O) groups is 1. The summed E-state index contributed by atoms with van der Waals surface area (Å²) in [5.74, 6) is -0.373. The first kappa shape index (κ1) is 26.1. The maximum absolute atomic E-state index is 15.3. The van der Waals surface area contributed by atoms with Gasteiger partial charge in [0.1, 0.15) is 5.82 Å². The summed E-state index contributed by atoms with van der Waals surface area (Å²) >= 11 is 0. The highest BCUT2D eigenvalue weighted by Gasteiger charge is 2.23. The van der Waals surface area contributed by atoms with Crippen molar-refractivity contribution in [3.05, 3.63) is 95.1 Å². The Morgan fingerprint density at radius 1 is 1.16 bits per heavy atom. The van der Waals surface area contributed by atoms with Crippen LogP contribution < -0.4 is 0 Å². The molecule has 6 nitrogen and oxygen atoms in total. The Hall–Kier alpha value is -4.02. The van der Waals surface area contributed by atoms with Gasteiger partial charge in [-0.1, -0.05) is 45.1 Å². The van der Waals surface area contributed by atoms with Gasteiger partial charge in [-0.15, -0.1) is 0 Å². The minimum atomic E-state index is -0.498. The fourth-order valence-electron chi connectivity index (χ4n) is 4.27. The lowest BCUT2D eigenvalue weighted by Crippen LogP contribution is -2.47. The van der Waals surface area contributed by atoms with E-state index in [0.717, 1.165) is 30.8 Å². The molecule has 0 aliphatic carbocycles. The third-order valence-electron chi connectivity index (χ3n) is 6.85. The van der Waals surface area contributed by atoms with E-state index in [-0.39, 0.29) is 11.8 Å². The Labute approximate surface area is 218 Å². The van der Waals surface area contributed by atoms with Gasteiger partial charge in [0.05, 0.1) is 29.2 Å². The molecule has 1 fully saturated rings. The largest absolute Gasteiger partial charge is 0.336 e. The normalized spacial score (nSPS) is 17.4. The van der Waals surface area contributed by atoms with Crippen molar-refractivity contribution in [3.63, 3.8) is 0 Å². The summed E-state index contributed by atoms with van der Waals surface area (Å²) in [7, 11) is 2.03. The van der Waals surface area contributed by atoms with Crippen LogP contribution in [0.25, 0.3) is 11.4 Å². The van der Waals surface area contributed by atoms with E-state index in [1.165, 1.54) is 6.07 Å². The van der Waals surface area contributed by atoms with Crippen molar-refractivity contribution in [1.82, 2.24) is 14.7 Å². The van der Waals surface area contributed by atoms with Crippen molar-refractivity contribution in [2.75, 3.05) is 33.2 Å². The van der Waals surface area contributed by atoms with Gasteiger partial charge in [-0.25, -0.2) is 4.39 Å². The van der Waals surface area contributed by atoms with Crippen LogP contribution in [0.1, 0.15) is 47.3 Å². The predicted molar refractivity (Wildman–Crippen MR) is 146 cm³/mol. The van der Waals surface area contributed by atoms with Crippen LogP contribution in [-0.4, -0.2) is 60.0 Å². The van der Waals surface area contributed by atoms with E-state index >= 15 is 4.39 Å². The average molecular weight is 498 g/mol. The monoisotopic (exact) mass is 497 g/mol. The van der Waals surface area contributed by atoms with Crippen molar-refractivity contribution >= 4 is 23.5 Å². The molecule has 1 atom stereocenters. The van der Waals surface area contributed by atoms with Gasteiger partial charge >= 0.3 is 0 Å². The highest BCUT2D eigenvalue weighted by Crippen LogP contribution is 2.32. The van der Waals surface area contributed by atoms with Gasteiger partial charge in [-0.3, -0.25) is 9.79 Å². The number of halogens is 1. The molecule has 1 amide bonds. The molecular weight excluding hydrogens is 465 g/mol. The smallest absolute Gasteiger partial charge is 0.254 e. The molecule has 4 rings (SSSR count). The van der Waals surface area contributed by atoms with E-state index < -0.39 is 5.82 Å². The summed E-state index contributed by atoms with van der Waals surface area (Å²) < 4.78 is 15.3. The van der Waals surface area contributed by atoms with Gasteiger partial charge in [0.2, 0.25) is 0 Å². The fourth-order valence-corrected chi connectivity index (χ4v) is 4.27. The number of hydrogen-bond acceptors (Lipinski definition) is 5. The molecule has 7 heteroatoms. The molecule has 0 spiro atoms. The highest BCUT2D eigenvalue weighted by molar-refractivity contribution is 5.95. The summed E-state index contributed by atoms with van der Waals surface area (Å²) in [5.41, 5.74) is 4.11. The Balaban J connectivity index is 1.65. The van der Waals surface area contributed by atoms with Crippen LogP contribution in [0.4, 0.5) is 4.39 Å². The number of likely N-dealkylation sites (N-methyl/N-ethyl adjacent to an activating group) is 1. The molecule has 0 saturated carbocycles. The lowest BCUT2D eigenvalue weighted by molar-refractivity contribution is 0.0663. The number of rotatable bonds is 6. The second kappa shape index (κ2) is 11.4. The van der Waals surface area contributed by atoms with Crippen molar-refractivity contribution in [1.29, 1.82) is 5.26 Å². The minimum absolute atomic E-state index is 0.158. The molecule has 1 saturated heterocycles. The summed E-state index contributed by atoms with van der Waals surface area (Å²) in [5, 5.41) is 9.19. The van der Waals surface area contributed by atoms with Gasteiger partial charge in [-0.2, -0.15) is 5.26 Å². The average Bonchev–Trinajstić information content (AvgIpc) is 2.92. The first-order valence-corrected chi connectivity index (χ1v) is 12.5.